The summed E-state index contributed by atoms with van der Waals surface area (Å²) >= 11 is 5.95. The Morgan fingerprint density at radius 1 is 1.23 bits per heavy atom. The second-order valence-corrected chi connectivity index (χ2v) is 6.85. The van der Waals surface area contributed by atoms with E-state index in [0.29, 0.717) is 17.0 Å². The Hall–Kier alpha value is -2.79. The summed E-state index contributed by atoms with van der Waals surface area (Å²) in [5.41, 5.74) is 1.90. The fraction of sp³-hybridized carbons (Fsp3) is 0.200. The average Bonchev–Trinajstić information content (AvgIpc) is 2.64. The highest BCUT2D eigenvalue weighted by molar-refractivity contribution is 6.30. The summed E-state index contributed by atoms with van der Waals surface area (Å²) in [5.74, 6) is -0.845. The first kappa shape index (κ1) is 16.7. The van der Waals surface area contributed by atoms with Crippen molar-refractivity contribution in [1.29, 1.82) is 0 Å². The maximum atomic E-state index is 12.8. The Morgan fingerprint density at radius 3 is 2.85 bits per heavy atom. The second kappa shape index (κ2) is 6.50. The summed E-state index contributed by atoms with van der Waals surface area (Å²) in [6.07, 6.45) is 1.69. The molecule has 2 heterocycles. The van der Waals surface area contributed by atoms with Crippen LogP contribution in [0.25, 0.3) is 10.9 Å². The summed E-state index contributed by atoms with van der Waals surface area (Å²) in [5, 5.41) is 14.4. The Kier molecular flexibility index (Phi) is 4.17. The first-order valence-electron chi connectivity index (χ1n) is 8.46. The van der Waals surface area contributed by atoms with Gasteiger partial charge in [0.05, 0.1) is 5.52 Å². The van der Waals surface area contributed by atoms with Crippen LogP contribution in [-0.4, -0.2) is 15.6 Å². The van der Waals surface area contributed by atoms with Crippen LogP contribution < -0.4 is 10.9 Å². The van der Waals surface area contributed by atoms with E-state index in [1.165, 1.54) is 0 Å². The quantitative estimate of drug-likeness (QED) is 0.745. The number of benzene rings is 2. The molecule has 2 N–H and O–H groups in total. The molecule has 1 aliphatic rings. The molecule has 1 aliphatic heterocycles. The van der Waals surface area contributed by atoms with Gasteiger partial charge in [-0.1, -0.05) is 35.9 Å². The van der Waals surface area contributed by atoms with Gasteiger partial charge in [0.2, 0.25) is 0 Å². The van der Waals surface area contributed by atoms with E-state index in [1.54, 1.807) is 28.8 Å². The predicted molar refractivity (Wildman–Crippen MR) is 101 cm³/mol. The highest BCUT2D eigenvalue weighted by Gasteiger charge is 2.24. The molecule has 0 radical (unpaired) electrons. The smallest absolute Gasteiger partial charge is 0.267 e. The van der Waals surface area contributed by atoms with Gasteiger partial charge in [0.1, 0.15) is 11.3 Å². The van der Waals surface area contributed by atoms with Crippen LogP contribution in [0.3, 0.4) is 0 Å². The van der Waals surface area contributed by atoms with Gasteiger partial charge >= 0.3 is 0 Å². The van der Waals surface area contributed by atoms with Crippen molar-refractivity contribution in [2.45, 2.75) is 25.9 Å². The fourth-order valence-corrected chi connectivity index (χ4v) is 3.75. The van der Waals surface area contributed by atoms with Crippen LogP contribution in [0.4, 0.5) is 0 Å². The summed E-state index contributed by atoms with van der Waals surface area (Å²) in [6.45, 7) is 0.761. The van der Waals surface area contributed by atoms with Crippen molar-refractivity contribution in [2.24, 2.45) is 0 Å². The molecule has 0 unspecified atom stereocenters. The second-order valence-electron chi connectivity index (χ2n) is 6.41. The number of nitrogens with one attached hydrogen (secondary N) is 1. The van der Waals surface area contributed by atoms with Crippen LogP contribution >= 0.6 is 11.6 Å². The molecule has 0 spiro atoms. The number of amides is 1. The van der Waals surface area contributed by atoms with Gasteiger partial charge in [0, 0.05) is 23.5 Å². The number of halogens is 1. The zero-order valence-corrected chi connectivity index (χ0v) is 14.7. The third-order valence-electron chi connectivity index (χ3n) is 4.74. The van der Waals surface area contributed by atoms with Crippen molar-refractivity contribution in [3.05, 3.63) is 74.5 Å². The highest BCUT2D eigenvalue weighted by atomic mass is 35.5. The third kappa shape index (κ3) is 2.74. The molecule has 132 valence electrons. The van der Waals surface area contributed by atoms with Gasteiger partial charge in [-0.25, -0.2) is 0 Å². The molecule has 26 heavy (non-hydrogen) atoms. The molecular formula is C20H17ClN2O3. The fourth-order valence-electron chi connectivity index (χ4n) is 3.54. The van der Waals surface area contributed by atoms with Crippen LogP contribution in [0, 0.1) is 0 Å². The molecule has 2 aromatic carbocycles. The van der Waals surface area contributed by atoms with E-state index in [0.717, 1.165) is 29.5 Å². The van der Waals surface area contributed by atoms with E-state index in [1.807, 2.05) is 18.2 Å². The predicted octanol–water partition coefficient (Wildman–Crippen LogP) is 3.24. The molecule has 4 rings (SSSR count). The average molecular weight is 369 g/mol. The van der Waals surface area contributed by atoms with Gasteiger partial charge in [-0.05, 0) is 42.2 Å². The number of aryl methyl sites for hydroxylation is 2. The van der Waals surface area contributed by atoms with E-state index in [-0.39, 0.29) is 17.9 Å². The maximum absolute atomic E-state index is 12.8. The molecular weight excluding hydrogens is 352 g/mol. The van der Waals surface area contributed by atoms with E-state index in [4.69, 9.17) is 11.6 Å². The van der Waals surface area contributed by atoms with Crippen LogP contribution in [0.1, 0.15) is 27.9 Å². The van der Waals surface area contributed by atoms with Gasteiger partial charge < -0.3 is 15.0 Å². The lowest BCUT2D eigenvalue weighted by Gasteiger charge is -2.21. The Balaban J connectivity index is 1.75. The summed E-state index contributed by atoms with van der Waals surface area (Å²) in [4.78, 5) is 25.5. The maximum Gasteiger partial charge on any atom is 0.267 e. The first-order valence-corrected chi connectivity index (χ1v) is 8.84. The number of carbonyl (C=O) groups is 1. The molecule has 0 saturated carbocycles. The lowest BCUT2D eigenvalue weighted by atomic mass is 9.99. The SMILES string of the molecule is O=C(NCc1cccc(Cl)c1)c1c(O)c2cccc3c2n(c1=O)CCC3. The van der Waals surface area contributed by atoms with Crippen LogP contribution in [0.2, 0.25) is 5.02 Å². The summed E-state index contributed by atoms with van der Waals surface area (Å²) < 4.78 is 1.60. The van der Waals surface area contributed by atoms with Crippen LogP contribution in [0.5, 0.6) is 5.75 Å². The van der Waals surface area contributed by atoms with Gasteiger partial charge in [0.25, 0.3) is 11.5 Å². The molecule has 6 heteroatoms. The molecule has 0 atom stereocenters. The minimum absolute atomic E-state index is 0.210. The standard InChI is InChI=1S/C20H17ClN2O3/c21-14-7-1-4-12(10-14)11-22-19(25)16-18(24)15-8-2-5-13-6-3-9-23(17(13)15)20(16)26/h1-2,4-5,7-8,10,24H,3,6,9,11H2,(H,22,25). The lowest BCUT2D eigenvalue weighted by Crippen LogP contribution is -2.34. The van der Waals surface area contributed by atoms with E-state index in [2.05, 4.69) is 5.32 Å². The zero-order chi connectivity index (χ0) is 18.3. The van der Waals surface area contributed by atoms with Gasteiger partial charge in [0.15, 0.2) is 0 Å². The van der Waals surface area contributed by atoms with E-state index < -0.39 is 11.5 Å². The Bertz CT molecular complexity index is 1090. The van der Waals surface area contributed by atoms with Crippen LogP contribution in [0.15, 0.2) is 47.3 Å². The molecule has 0 aliphatic carbocycles. The monoisotopic (exact) mass is 368 g/mol. The summed E-state index contributed by atoms with van der Waals surface area (Å²) in [7, 11) is 0. The lowest BCUT2D eigenvalue weighted by molar-refractivity contribution is 0.0946. The normalized spacial score (nSPS) is 13.0. The molecule has 0 bridgehead atoms. The minimum Gasteiger partial charge on any atom is -0.506 e. The number of rotatable bonds is 3. The molecule has 3 aromatic rings. The number of nitrogens with zero attached hydrogens (tertiary/aromatic N) is 1. The van der Waals surface area contributed by atoms with Crippen molar-refractivity contribution in [2.75, 3.05) is 0 Å². The van der Waals surface area contributed by atoms with E-state index >= 15 is 0 Å². The van der Waals surface area contributed by atoms with Crippen molar-refractivity contribution < 1.29 is 9.90 Å². The number of para-hydroxylation sites is 1. The number of carbonyl (C=O) groups excluding carboxylic acids is 1. The largest absolute Gasteiger partial charge is 0.506 e. The van der Waals surface area contributed by atoms with Crippen molar-refractivity contribution in [3.63, 3.8) is 0 Å². The summed E-state index contributed by atoms with van der Waals surface area (Å²) in [6, 6.07) is 12.6. The van der Waals surface area contributed by atoms with E-state index in [9.17, 15) is 14.7 Å². The highest BCUT2D eigenvalue weighted by Crippen LogP contribution is 2.31. The third-order valence-corrected chi connectivity index (χ3v) is 4.97. The van der Waals surface area contributed by atoms with Gasteiger partial charge in [-0.2, -0.15) is 0 Å². The molecule has 0 saturated heterocycles. The molecule has 0 fully saturated rings. The molecule has 1 aromatic heterocycles. The molecule has 5 nitrogen and oxygen atoms in total. The van der Waals surface area contributed by atoms with Gasteiger partial charge in [-0.15, -0.1) is 0 Å². The first-order chi connectivity index (χ1) is 12.6. The number of pyridine rings is 1. The van der Waals surface area contributed by atoms with Crippen molar-refractivity contribution in [3.8, 4) is 5.75 Å². The van der Waals surface area contributed by atoms with Gasteiger partial charge in [-0.3, -0.25) is 9.59 Å². The number of hydrogen-bond acceptors (Lipinski definition) is 3. The Labute approximate surface area is 154 Å². The number of hydrogen-bond donors (Lipinski definition) is 2. The number of aromatic nitrogens is 1. The Morgan fingerprint density at radius 2 is 2.04 bits per heavy atom. The van der Waals surface area contributed by atoms with Crippen molar-refractivity contribution in [1.82, 2.24) is 9.88 Å². The molecule has 1 amide bonds. The zero-order valence-electron chi connectivity index (χ0n) is 14.0. The topological polar surface area (TPSA) is 71.3 Å². The minimum atomic E-state index is -0.589. The van der Waals surface area contributed by atoms with Crippen LogP contribution in [-0.2, 0) is 19.5 Å². The van der Waals surface area contributed by atoms with Crippen molar-refractivity contribution >= 4 is 28.4 Å². The number of aromatic hydroxyl groups is 1.